The second-order valence-corrected chi connectivity index (χ2v) is 4.24. The van der Waals surface area contributed by atoms with Gasteiger partial charge in [0.05, 0.1) is 5.56 Å². The van der Waals surface area contributed by atoms with Crippen molar-refractivity contribution in [3.8, 4) is 0 Å². The third kappa shape index (κ3) is 3.22. The molecule has 1 aromatic rings. The van der Waals surface area contributed by atoms with Gasteiger partial charge in [-0.1, -0.05) is 19.9 Å². The van der Waals surface area contributed by atoms with E-state index in [4.69, 9.17) is 5.11 Å². The maximum Gasteiger partial charge on any atom is 0.336 e. The smallest absolute Gasteiger partial charge is 0.336 e. The number of carboxylic acid groups (broad SMARTS) is 1. The summed E-state index contributed by atoms with van der Waals surface area (Å²) in [5, 5.41) is 9.11. The monoisotopic (exact) mass is 235 g/mol. The van der Waals surface area contributed by atoms with Gasteiger partial charge in [0.25, 0.3) is 0 Å². The zero-order valence-corrected chi connectivity index (χ0v) is 10.9. The summed E-state index contributed by atoms with van der Waals surface area (Å²) in [6.45, 7) is 8.10. The van der Waals surface area contributed by atoms with Crippen LogP contribution in [0.25, 0.3) is 0 Å². The predicted octanol–water partition coefficient (Wildman–Crippen LogP) is 3.32. The Labute approximate surface area is 103 Å². The maximum absolute atomic E-state index is 11.1. The molecule has 0 aliphatic carbocycles. The molecule has 1 N–H and O–H groups in total. The molecule has 17 heavy (non-hydrogen) atoms. The number of rotatable bonds is 6. The second kappa shape index (κ2) is 6.28. The van der Waals surface area contributed by atoms with Crippen LogP contribution in [0.5, 0.6) is 0 Å². The Balaban J connectivity index is 3.10. The first-order chi connectivity index (χ1) is 8.11. The summed E-state index contributed by atoms with van der Waals surface area (Å²) in [4.78, 5) is 13.4. The summed E-state index contributed by atoms with van der Waals surface area (Å²) < 4.78 is 0. The molecule has 3 nitrogen and oxygen atoms in total. The van der Waals surface area contributed by atoms with Crippen molar-refractivity contribution in [2.75, 3.05) is 18.0 Å². The number of hydrogen-bond acceptors (Lipinski definition) is 2. The van der Waals surface area contributed by atoms with Crippen LogP contribution in [0.4, 0.5) is 5.69 Å². The highest BCUT2D eigenvalue weighted by atomic mass is 16.4. The highest BCUT2D eigenvalue weighted by molar-refractivity contribution is 5.91. The average molecular weight is 235 g/mol. The molecule has 0 atom stereocenters. The molecule has 3 heteroatoms. The van der Waals surface area contributed by atoms with E-state index in [1.54, 1.807) is 6.07 Å². The molecule has 0 heterocycles. The summed E-state index contributed by atoms with van der Waals surface area (Å²) >= 11 is 0. The number of nitrogens with zero attached hydrogens (tertiary/aromatic N) is 1. The summed E-state index contributed by atoms with van der Waals surface area (Å²) in [6.07, 6.45) is 2.13. The van der Waals surface area contributed by atoms with Crippen molar-refractivity contribution in [1.29, 1.82) is 0 Å². The average Bonchev–Trinajstić information content (AvgIpc) is 2.29. The minimum atomic E-state index is -0.850. The molecule has 0 spiro atoms. The first-order valence-corrected chi connectivity index (χ1v) is 6.19. The molecule has 0 saturated heterocycles. The molecule has 0 aromatic heterocycles. The van der Waals surface area contributed by atoms with Crippen LogP contribution in [0.1, 0.15) is 42.6 Å². The fraction of sp³-hybridized carbons (Fsp3) is 0.500. The van der Waals surface area contributed by atoms with Gasteiger partial charge in [-0.15, -0.1) is 0 Å². The lowest BCUT2D eigenvalue weighted by atomic mass is 10.1. The van der Waals surface area contributed by atoms with E-state index in [0.717, 1.165) is 37.2 Å². The lowest BCUT2D eigenvalue weighted by Gasteiger charge is -2.26. The van der Waals surface area contributed by atoms with Gasteiger partial charge in [-0.3, -0.25) is 0 Å². The van der Waals surface area contributed by atoms with Crippen LogP contribution in [0.3, 0.4) is 0 Å². The van der Waals surface area contributed by atoms with Gasteiger partial charge < -0.3 is 10.0 Å². The van der Waals surface area contributed by atoms with Crippen LogP contribution in [0.2, 0.25) is 0 Å². The third-order valence-corrected chi connectivity index (χ3v) is 2.86. The largest absolute Gasteiger partial charge is 0.478 e. The number of anilines is 1. The van der Waals surface area contributed by atoms with Gasteiger partial charge >= 0.3 is 5.97 Å². The van der Waals surface area contributed by atoms with Crippen molar-refractivity contribution in [3.63, 3.8) is 0 Å². The van der Waals surface area contributed by atoms with Crippen molar-refractivity contribution in [2.45, 2.75) is 33.6 Å². The number of carbonyl (C=O) groups is 1. The molecule has 0 aliphatic heterocycles. The molecule has 0 radical (unpaired) electrons. The van der Waals surface area contributed by atoms with Gasteiger partial charge in [0.15, 0.2) is 0 Å². The zero-order chi connectivity index (χ0) is 12.8. The van der Waals surface area contributed by atoms with Crippen LogP contribution < -0.4 is 4.90 Å². The summed E-state index contributed by atoms with van der Waals surface area (Å²) in [5.41, 5.74) is 2.32. The molecule has 0 fully saturated rings. The maximum atomic E-state index is 11.1. The van der Waals surface area contributed by atoms with Crippen LogP contribution in [-0.2, 0) is 0 Å². The van der Waals surface area contributed by atoms with E-state index in [0.29, 0.717) is 5.56 Å². The molecule has 0 aliphatic rings. The minimum absolute atomic E-state index is 0.403. The standard InChI is InChI=1S/C14H21NO2/c1-4-9-15(10-5-2)13-8-6-7-12(11(13)3)14(16)17/h6-8H,4-5,9-10H2,1-3H3,(H,16,17). The van der Waals surface area contributed by atoms with Crippen molar-refractivity contribution < 1.29 is 9.90 Å². The van der Waals surface area contributed by atoms with Crippen LogP contribution in [-0.4, -0.2) is 24.2 Å². The lowest BCUT2D eigenvalue weighted by molar-refractivity contribution is 0.0696. The number of benzene rings is 1. The highest BCUT2D eigenvalue weighted by Crippen LogP contribution is 2.23. The van der Waals surface area contributed by atoms with Crippen molar-refractivity contribution in [3.05, 3.63) is 29.3 Å². The van der Waals surface area contributed by atoms with Gasteiger partial charge in [0.1, 0.15) is 0 Å². The molecule has 0 unspecified atom stereocenters. The van der Waals surface area contributed by atoms with Gasteiger partial charge in [-0.2, -0.15) is 0 Å². The fourth-order valence-corrected chi connectivity index (χ4v) is 2.09. The molecular formula is C14H21NO2. The SMILES string of the molecule is CCCN(CCC)c1cccc(C(=O)O)c1C. The Hall–Kier alpha value is -1.51. The Morgan fingerprint density at radius 3 is 2.29 bits per heavy atom. The topological polar surface area (TPSA) is 40.5 Å². The molecule has 0 amide bonds. The quantitative estimate of drug-likeness (QED) is 0.822. The Morgan fingerprint density at radius 1 is 1.24 bits per heavy atom. The first-order valence-electron chi connectivity index (χ1n) is 6.19. The summed E-state index contributed by atoms with van der Waals surface area (Å²) in [7, 11) is 0. The molecule has 1 aromatic carbocycles. The Bertz CT molecular complexity index is 382. The number of carboxylic acids is 1. The summed E-state index contributed by atoms with van der Waals surface area (Å²) in [5.74, 6) is -0.850. The van der Waals surface area contributed by atoms with Gasteiger partial charge in [-0.25, -0.2) is 4.79 Å². The van der Waals surface area contributed by atoms with E-state index in [1.807, 2.05) is 19.1 Å². The van der Waals surface area contributed by atoms with E-state index in [2.05, 4.69) is 18.7 Å². The molecule has 0 bridgehead atoms. The van der Waals surface area contributed by atoms with E-state index >= 15 is 0 Å². The number of aromatic carboxylic acids is 1. The van der Waals surface area contributed by atoms with E-state index < -0.39 is 5.97 Å². The Morgan fingerprint density at radius 2 is 1.82 bits per heavy atom. The number of hydrogen-bond donors (Lipinski definition) is 1. The van der Waals surface area contributed by atoms with Crippen LogP contribution >= 0.6 is 0 Å². The normalized spacial score (nSPS) is 10.3. The third-order valence-electron chi connectivity index (χ3n) is 2.86. The van der Waals surface area contributed by atoms with Crippen molar-refractivity contribution in [1.82, 2.24) is 0 Å². The predicted molar refractivity (Wildman–Crippen MR) is 70.9 cm³/mol. The van der Waals surface area contributed by atoms with Gasteiger partial charge in [0, 0.05) is 18.8 Å². The fourth-order valence-electron chi connectivity index (χ4n) is 2.09. The van der Waals surface area contributed by atoms with Crippen molar-refractivity contribution >= 4 is 11.7 Å². The molecule has 1 rings (SSSR count). The second-order valence-electron chi connectivity index (χ2n) is 4.24. The molecular weight excluding hydrogens is 214 g/mol. The van der Waals surface area contributed by atoms with E-state index in [9.17, 15) is 4.79 Å². The summed E-state index contributed by atoms with van der Waals surface area (Å²) in [6, 6.07) is 5.49. The van der Waals surface area contributed by atoms with Crippen LogP contribution in [0.15, 0.2) is 18.2 Å². The minimum Gasteiger partial charge on any atom is -0.478 e. The van der Waals surface area contributed by atoms with Crippen LogP contribution in [0, 0.1) is 6.92 Å². The Kier molecular flexibility index (Phi) is 5.01. The van der Waals surface area contributed by atoms with E-state index in [1.165, 1.54) is 0 Å². The molecule has 94 valence electrons. The van der Waals surface area contributed by atoms with Gasteiger partial charge in [0.2, 0.25) is 0 Å². The zero-order valence-electron chi connectivity index (χ0n) is 10.9. The van der Waals surface area contributed by atoms with E-state index in [-0.39, 0.29) is 0 Å². The first kappa shape index (κ1) is 13.6. The highest BCUT2D eigenvalue weighted by Gasteiger charge is 2.13. The van der Waals surface area contributed by atoms with Gasteiger partial charge in [-0.05, 0) is 37.5 Å². The molecule has 0 saturated carbocycles. The lowest BCUT2D eigenvalue weighted by Crippen LogP contribution is -2.26. The van der Waals surface area contributed by atoms with Crippen molar-refractivity contribution in [2.24, 2.45) is 0 Å².